The largest absolute Gasteiger partial charge is 0.508 e. The van der Waals surface area contributed by atoms with Gasteiger partial charge in [-0.2, -0.15) is 39.0 Å². The highest BCUT2D eigenvalue weighted by Gasteiger charge is 2.43. The van der Waals surface area contributed by atoms with Gasteiger partial charge in [0.15, 0.2) is 11.8 Å². The number of thiol groups is 1. The number of nitrogens with one attached hydrogen (secondary N) is 5. The Labute approximate surface area is 704 Å². The Hall–Kier alpha value is -6.47. The molecule has 9 unspecified atom stereocenters. The number of aliphatic carboxylic acids is 3. The van der Waals surface area contributed by atoms with Gasteiger partial charge in [0.05, 0.1) is 37.1 Å². The number of para-hydroxylation sites is 3. The summed E-state index contributed by atoms with van der Waals surface area (Å²) in [5.74, 6) is -2.69. The predicted molar refractivity (Wildman–Crippen MR) is 446 cm³/mol. The van der Waals surface area contributed by atoms with E-state index in [9.17, 15) is 84.1 Å². The van der Waals surface area contributed by atoms with Crippen LogP contribution in [0.15, 0.2) is 60.7 Å². The van der Waals surface area contributed by atoms with Crippen molar-refractivity contribution in [2.45, 2.75) is 188 Å². The van der Waals surface area contributed by atoms with Gasteiger partial charge in [0, 0.05) is 102 Å². The number of quaternary nitrogens is 1. The monoisotopic (exact) mass is 1800 g/mol. The summed E-state index contributed by atoms with van der Waals surface area (Å²) < 4.78 is 104. The third-order valence-corrected chi connectivity index (χ3v) is 26.0. The third-order valence-electron chi connectivity index (χ3n) is 17.8. The van der Waals surface area contributed by atoms with Crippen LogP contribution in [0.25, 0.3) is 26.9 Å². The normalized spacial score (nSPS) is 19.2. The molecule has 9 rings (SSSR count). The number of nitrogens with two attached hydrogens (primary N) is 1. The standard InChI is InChI=1S/C17H17N2O6.C16H29N3O4S3.C13H26NO2S2.C12H22N2O2S.C12H16N2O2.2C2HF3O2.ClH/c20-15-13(25-17(22)16(15)21)8-24-12-7-3-6-11-14(12)18-9-4-1-2-5-10(9)19(11)23;17-12(16(22)23)5-3-8-18-15(21)13(10-24)19-14(20)6-2-1-4-11-7-9-25-26-11;1-14(2,3)9-10-16-13(15)7-5-4-6-12-8-11-17-18-12;1-13-7-2-5-11-17(15,16)12-6-10-14-8-3-4-9-14;1-8(15)13-5-4-9-7-14-12-3-2-10(16)6-11(9)12;2*3-2(4,5)1(6)7;/h1-7,13,15-17,20-22H,8H2,(H,18,23);11-13,24H,1-10,17H2,(H,18,21)(H,19,20)(H,22,23);12H,4-11H2,1-3H3;2-12H2;2-3,6,9,14,16H,4-5,7H2,1H3,(H,13,15);2*(H,6,7);1H/q+1;;+1;;;;;. The number of carbonyl (C=O) groups is 7. The zero-order chi connectivity index (χ0) is 86.6. The van der Waals surface area contributed by atoms with Crippen LogP contribution in [-0.2, 0) is 52.9 Å². The molecule has 4 fully saturated rings. The van der Waals surface area contributed by atoms with Crippen LogP contribution in [0.1, 0.15) is 134 Å². The number of nitrogens with zero attached hydrogens (tertiary/aromatic N) is 4. The number of hydrogen-bond donors (Lipinski definition) is 14. The van der Waals surface area contributed by atoms with Gasteiger partial charge in [-0.3, -0.25) is 24.0 Å². The van der Waals surface area contributed by atoms with Crippen LogP contribution >= 0.6 is 68.2 Å². The van der Waals surface area contributed by atoms with E-state index in [1.807, 2.05) is 55.3 Å². The van der Waals surface area contributed by atoms with E-state index < -0.39 is 76.8 Å². The number of ether oxygens (including phenoxy) is 3. The number of alkyl halides is 6. The summed E-state index contributed by atoms with van der Waals surface area (Å²) in [6, 6.07) is 15.9. The first-order valence-corrected chi connectivity index (χ1v) is 45.0. The number of carboxylic acids is 3. The summed E-state index contributed by atoms with van der Waals surface area (Å²) in [7, 11) is 11.3. The van der Waals surface area contributed by atoms with Crippen molar-refractivity contribution in [3.8, 4) is 11.5 Å². The molecular formula is C74H113ClF6N10O20S6+2. The molecule has 0 radical (unpaired) electrons. The van der Waals surface area contributed by atoms with Crippen LogP contribution < -0.4 is 36.2 Å². The fraction of sp³-hybridized carbons (Fsp3) is 0.649. The first-order chi connectivity index (χ1) is 54.7. The molecule has 3 aromatic carbocycles. The van der Waals surface area contributed by atoms with Gasteiger partial charge in [0.2, 0.25) is 24.3 Å². The zero-order valence-corrected chi connectivity index (χ0v) is 71.6. The Kier molecular flexibility index (Phi) is 51.2. The molecule has 1 aromatic heterocycles. The molecule has 4 saturated heterocycles. The number of amides is 3. The molecule has 5 aliphatic heterocycles. The van der Waals surface area contributed by atoms with Crippen LogP contribution in [0.2, 0.25) is 0 Å². The number of aliphatic hydroxyl groups is 3. The van der Waals surface area contributed by atoms with Gasteiger partial charge in [0.25, 0.3) is 11.0 Å². The van der Waals surface area contributed by atoms with E-state index in [0.29, 0.717) is 109 Å². The molecule has 30 nitrogen and oxygen atoms in total. The number of esters is 1. The number of carboxylic acid groups (broad SMARTS) is 3. The van der Waals surface area contributed by atoms with E-state index in [0.717, 1.165) is 103 Å². The maximum Gasteiger partial charge on any atom is 0.490 e. The van der Waals surface area contributed by atoms with Gasteiger partial charge >= 0.3 is 36.2 Å². The first-order valence-electron chi connectivity index (χ1n) is 37.8. The number of fused-ring (bicyclic) bond motifs is 3. The van der Waals surface area contributed by atoms with Gasteiger partial charge in [-0.15, -0.1) is 12.4 Å². The SMILES string of the molecule is CC(=O)NCCC1CNc2ccc(O)cc21.C[N+](C)(C)CCOC(=O)CCCCC1CCSS1.Cl.NC(CCCNC(=O)C(CS)NC(=O)CCCCC1CCSS1)C(=O)O.O=C(O)C(F)(F)F.O=C(O)C(F)(F)F.O=[n+]1c2ccccc2[nH]c2c(OCC3OC(O)C(O)C3O)cccc21.[C-]#[N+]CCCCS(=O)(=O)CCCN1CCCC1. The minimum Gasteiger partial charge on any atom is -0.508 e. The number of rotatable bonds is 35. The van der Waals surface area contributed by atoms with Crippen molar-refractivity contribution in [1.82, 2.24) is 25.8 Å². The van der Waals surface area contributed by atoms with Crippen molar-refractivity contribution in [3.05, 3.63) is 82.6 Å². The van der Waals surface area contributed by atoms with Gasteiger partial charge in [-0.1, -0.05) is 74.2 Å². The second-order valence-corrected chi connectivity index (χ2v) is 36.6. The van der Waals surface area contributed by atoms with Crippen molar-refractivity contribution in [3.63, 3.8) is 0 Å². The molecule has 662 valence electrons. The Balaban J connectivity index is 0.000000480. The Morgan fingerprint density at radius 3 is 1.94 bits per heavy atom. The summed E-state index contributed by atoms with van der Waals surface area (Å²) in [6.07, 6.45) is 1.07. The highest BCUT2D eigenvalue weighted by Crippen LogP contribution is 2.41. The first kappa shape index (κ1) is 107. The number of benzene rings is 3. The number of likely N-dealkylation sites (N-methyl/N-ethyl adjacent to an activating group) is 1. The van der Waals surface area contributed by atoms with Gasteiger partial charge < -0.3 is 96.2 Å². The topological polar surface area (TPSA) is 443 Å². The van der Waals surface area contributed by atoms with Crippen LogP contribution in [0, 0.1) is 11.5 Å². The fourth-order valence-electron chi connectivity index (χ4n) is 11.4. The average Bonchev–Trinajstić information content (AvgIpc) is 1.71. The van der Waals surface area contributed by atoms with E-state index in [1.165, 1.54) is 50.5 Å². The summed E-state index contributed by atoms with van der Waals surface area (Å²) in [4.78, 5) is 96.0. The van der Waals surface area contributed by atoms with Crippen molar-refractivity contribution >= 4 is 147 Å². The molecule has 4 aromatic rings. The van der Waals surface area contributed by atoms with Gasteiger partial charge in [0.1, 0.15) is 77.0 Å². The highest BCUT2D eigenvalue weighted by molar-refractivity contribution is 8.77. The summed E-state index contributed by atoms with van der Waals surface area (Å²) >= 11 is 4.12. The zero-order valence-electron chi connectivity index (χ0n) is 65.8. The van der Waals surface area contributed by atoms with Crippen LogP contribution in [0.5, 0.6) is 11.5 Å². The molecule has 0 aliphatic carbocycles. The number of anilines is 1. The number of aliphatic hydroxyl groups excluding tert-OH is 3. The lowest BCUT2D eigenvalue weighted by Crippen LogP contribution is -2.48. The molecule has 14 N–H and O–H groups in total. The molecule has 0 spiro atoms. The molecule has 0 saturated carbocycles. The lowest BCUT2D eigenvalue weighted by Gasteiger charge is -2.23. The average molecular weight is 1800 g/mol. The summed E-state index contributed by atoms with van der Waals surface area (Å²) in [5.41, 5.74) is 9.71. The molecule has 0 bridgehead atoms. The fourth-order valence-corrected chi connectivity index (χ4v) is 19.1. The van der Waals surface area contributed by atoms with Gasteiger partial charge in [-0.05, 0) is 139 Å². The number of hydrogen-bond acceptors (Lipinski definition) is 25. The van der Waals surface area contributed by atoms with Crippen molar-refractivity contribution < 1.29 is 127 Å². The van der Waals surface area contributed by atoms with Crippen molar-refractivity contribution in [2.24, 2.45) is 5.73 Å². The number of H-pyrrole nitrogens is 1. The lowest BCUT2D eigenvalue weighted by atomic mass is 9.98. The number of halogens is 7. The van der Waals surface area contributed by atoms with E-state index in [1.54, 1.807) is 48.5 Å². The number of aromatic amines is 1. The molecule has 9 atom stereocenters. The summed E-state index contributed by atoms with van der Waals surface area (Å²) in [5, 5.41) is 74.2. The molecule has 117 heavy (non-hydrogen) atoms. The van der Waals surface area contributed by atoms with E-state index >= 15 is 0 Å². The number of phenolic OH excluding ortho intramolecular Hbond substituents is 1. The number of carbonyl (C=O) groups excluding carboxylic acids is 4. The van der Waals surface area contributed by atoms with E-state index in [2.05, 4.69) is 69.8 Å². The second kappa shape index (κ2) is 56.2. The predicted octanol–water partition coefficient (Wildman–Crippen LogP) is 9.13. The minimum absolute atomic E-state index is 0. The number of likely N-dealkylation sites (tertiary alicyclic amines) is 1. The molecule has 43 heteroatoms. The number of sulfone groups is 1. The Bertz CT molecular complexity index is 3870. The maximum atomic E-state index is 12.5. The van der Waals surface area contributed by atoms with Crippen molar-refractivity contribution in [2.75, 3.05) is 121 Å². The third kappa shape index (κ3) is 44.6. The minimum atomic E-state index is -5.08. The number of aromatic hydroxyl groups is 1. The second-order valence-electron chi connectivity index (χ2n) is 28.4. The van der Waals surface area contributed by atoms with Crippen molar-refractivity contribution in [1.29, 1.82) is 0 Å². The van der Waals surface area contributed by atoms with Crippen LogP contribution in [-0.4, -0.2) is 275 Å². The van der Waals surface area contributed by atoms with Crippen LogP contribution in [0.4, 0.5) is 32.0 Å². The maximum absolute atomic E-state index is 12.5. The molecule has 5 aliphatic rings. The van der Waals surface area contributed by atoms with Gasteiger partial charge in [-0.25, -0.2) is 24.6 Å². The summed E-state index contributed by atoms with van der Waals surface area (Å²) in [6.45, 7) is 15.0. The molecule has 6 heterocycles. The van der Waals surface area contributed by atoms with E-state index in [-0.39, 0.29) is 60.6 Å². The van der Waals surface area contributed by atoms with E-state index in [4.69, 9.17) is 51.4 Å². The number of phenols is 1. The quantitative estimate of drug-likeness (QED) is 0.00195. The number of unbranched alkanes of at least 4 members (excludes halogenated alkanes) is 3. The molecular weight excluding hydrogens is 1690 g/mol. The Morgan fingerprint density at radius 2 is 1.39 bits per heavy atom. The Morgan fingerprint density at radius 1 is 0.795 bits per heavy atom. The molecule has 3 amide bonds. The smallest absolute Gasteiger partial charge is 0.490 e. The highest BCUT2D eigenvalue weighted by atomic mass is 35.5. The number of aromatic nitrogens is 2. The lowest BCUT2D eigenvalue weighted by molar-refractivity contribution is -0.870. The van der Waals surface area contributed by atoms with Crippen LogP contribution in [0.3, 0.4) is 0 Å².